The van der Waals surface area contributed by atoms with Crippen molar-refractivity contribution in [3.63, 3.8) is 0 Å². The van der Waals surface area contributed by atoms with Gasteiger partial charge in [0.1, 0.15) is 13.2 Å². The van der Waals surface area contributed by atoms with Crippen LogP contribution < -0.4 is 0 Å². The summed E-state index contributed by atoms with van der Waals surface area (Å²) in [5.74, 6) is -3.55. The van der Waals surface area contributed by atoms with E-state index < -0.39 is 30.0 Å². The van der Waals surface area contributed by atoms with Gasteiger partial charge in [0.2, 0.25) is 0 Å². The molecule has 0 amide bonds. The highest BCUT2D eigenvalue weighted by molar-refractivity contribution is 5.76. The largest absolute Gasteiger partial charge is 0.481 e. The van der Waals surface area contributed by atoms with Crippen LogP contribution in [0.1, 0.15) is 40.5 Å². The van der Waals surface area contributed by atoms with Crippen LogP contribution in [0, 0.1) is 11.8 Å². The van der Waals surface area contributed by atoms with Gasteiger partial charge in [-0.05, 0) is 0 Å². The predicted octanol–water partition coefficient (Wildman–Crippen LogP) is 1.16. The van der Waals surface area contributed by atoms with Gasteiger partial charge in [0.15, 0.2) is 6.10 Å². The molecule has 0 saturated heterocycles. The fourth-order valence-electron chi connectivity index (χ4n) is 1.25. The van der Waals surface area contributed by atoms with E-state index in [1.54, 1.807) is 27.7 Å². The molecule has 0 aliphatic heterocycles. The molecule has 0 radical (unpaired) electrons. The molecule has 0 aromatic carbocycles. The van der Waals surface area contributed by atoms with Gasteiger partial charge in [-0.15, -0.1) is 0 Å². The molecule has 23 heavy (non-hydrogen) atoms. The summed E-state index contributed by atoms with van der Waals surface area (Å²) in [6.07, 6.45) is -1.66. The lowest BCUT2D eigenvalue weighted by Gasteiger charge is -2.19. The van der Waals surface area contributed by atoms with Gasteiger partial charge in [0, 0.05) is 0 Å². The predicted molar refractivity (Wildman–Crippen MR) is 78.3 cm³/mol. The molecule has 1 N–H and O–H groups in total. The van der Waals surface area contributed by atoms with Gasteiger partial charge in [-0.2, -0.15) is 0 Å². The smallest absolute Gasteiger partial charge is 0.308 e. The van der Waals surface area contributed by atoms with Crippen molar-refractivity contribution in [2.45, 2.75) is 46.6 Å². The second-order valence-corrected chi connectivity index (χ2v) is 5.58. The second-order valence-electron chi connectivity index (χ2n) is 5.58. The van der Waals surface area contributed by atoms with Crippen molar-refractivity contribution in [3.05, 3.63) is 0 Å². The minimum absolute atomic E-state index is 0.263. The van der Waals surface area contributed by atoms with Crippen molar-refractivity contribution in [1.29, 1.82) is 0 Å². The zero-order chi connectivity index (χ0) is 18.0. The van der Waals surface area contributed by atoms with Gasteiger partial charge < -0.3 is 19.3 Å². The van der Waals surface area contributed by atoms with E-state index in [-0.39, 0.29) is 37.9 Å². The molecule has 0 aromatic heterocycles. The van der Waals surface area contributed by atoms with Crippen LogP contribution in [0.3, 0.4) is 0 Å². The lowest BCUT2D eigenvalue weighted by Crippen LogP contribution is -2.32. The Labute approximate surface area is 135 Å². The third-order valence-electron chi connectivity index (χ3n) is 2.61. The van der Waals surface area contributed by atoms with E-state index >= 15 is 0 Å². The fraction of sp³-hybridized carbons (Fsp3) is 0.733. The monoisotopic (exact) mass is 332 g/mol. The van der Waals surface area contributed by atoms with E-state index in [4.69, 9.17) is 19.3 Å². The number of rotatable bonds is 10. The molecule has 0 spiro atoms. The summed E-state index contributed by atoms with van der Waals surface area (Å²) in [5, 5.41) is 8.52. The molecular weight excluding hydrogens is 308 g/mol. The minimum atomic E-state index is -1.13. The number of carbonyl (C=O) groups excluding carboxylic acids is 3. The van der Waals surface area contributed by atoms with Crippen LogP contribution in [0.5, 0.6) is 0 Å². The summed E-state index contributed by atoms with van der Waals surface area (Å²) in [6.45, 7) is 6.07. The quantitative estimate of drug-likeness (QED) is 0.468. The maximum absolute atomic E-state index is 11.5. The molecule has 0 aromatic rings. The summed E-state index contributed by atoms with van der Waals surface area (Å²) in [6, 6.07) is 0. The van der Waals surface area contributed by atoms with Gasteiger partial charge in [-0.25, -0.2) is 0 Å². The summed E-state index contributed by atoms with van der Waals surface area (Å²) in [7, 11) is 0. The number of ether oxygens (including phenoxy) is 3. The summed E-state index contributed by atoms with van der Waals surface area (Å²) in [4.78, 5) is 44.9. The highest BCUT2D eigenvalue weighted by Crippen LogP contribution is 2.05. The summed E-state index contributed by atoms with van der Waals surface area (Å²) >= 11 is 0. The lowest BCUT2D eigenvalue weighted by molar-refractivity contribution is -0.169. The molecule has 0 fully saturated rings. The number of aliphatic carboxylic acids is 1. The van der Waals surface area contributed by atoms with E-state index in [1.807, 2.05) is 0 Å². The normalized spacial score (nSPS) is 10.7. The molecule has 0 heterocycles. The van der Waals surface area contributed by atoms with E-state index in [0.29, 0.717) is 0 Å². The highest BCUT2D eigenvalue weighted by Gasteiger charge is 2.21. The molecule has 0 atom stereocenters. The highest BCUT2D eigenvalue weighted by atomic mass is 16.6. The van der Waals surface area contributed by atoms with E-state index in [2.05, 4.69) is 0 Å². The molecule has 0 aliphatic carbocycles. The lowest BCUT2D eigenvalue weighted by atomic mass is 10.2. The van der Waals surface area contributed by atoms with E-state index in [0.717, 1.165) is 0 Å². The Hall–Kier alpha value is -2.12. The van der Waals surface area contributed by atoms with Gasteiger partial charge >= 0.3 is 23.9 Å². The molecule has 0 rings (SSSR count). The van der Waals surface area contributed by atoms with Crippen molar-refractivity contribution < 1.29 is 38.5 Å². The van der Waals surface area contributed by atoms with Crippen LogP contribution >= 0.6 is 0 Å². The standard InChI is InChI=1S/C15H24O8/c1-9(2)14(19)21-7-11(8-22-15(20)10(3)4)23-13(18)6-5-12(16)17/h9-11H,5-8H2,1-4H3,(H,16,17). The van der Waals surface area contributed by atoms with Crippen LogP contribution in [0.15, 0.2) is 0 Å². The molecule has 8 heteroatoms. The minimum Gasteiger partial charge on any atom is -0.481 e. The van der Waals surface area contributed by atoms with Crippen molar-refractivity contribution in [2.24, 2.45) is 11.8 Å². The first-order chi connectivity index (χ1) is 10.6. The maximum Gasteiger partial charge on any atom is 0.308 e. The number of carbonyl (C=O) groups is 4. The molecular formula is C15H24O8. The van der Waals surface area contributed by atoms with E-state index in [1.165, 1.54) is 0 Å². The Balaban J connectivity index is 4.52. The van der Waals surface area contributed by atoms with E-state index in [9.17, 15) is 19.2 Å². The first kappa shape index (κ1) is 20.9. The summed E-state index contributed by atoms with van der Waals surface area (Å²) in [5.41, 5.74) is 0. The van der Waals surface area contributed by atoms with Crippen LogP contribution in [0.4, 0.5) is 0 Å². The SMILES string of the molecule is CC(C)C(=O)OCC(COC(=O)C(C)C)OC(=O)CCC(=O)O. The number of carboxylic acid groups (broad SMARTS) is 1. The third-order valence-corrected chi connectivity index (χ3v) is 2.61. The molecule has 0 bridgehead atoms. The molecule has 0 saturated carbocycles. The number of hydrogen-bond acceptors (Lipinski definition) is 7. The van der Waals surface area contributed by atoms with Gasteiger partial charge in [0.25, 0.3) is 0 Å². The van der Waals surface area contributed by atoms with Crippen molar-refractivity contribution in [1.82, 2.24) is 0 Å². The number of carboxylic acids is 1. The number of hydrogen-bond donors (Lipinski definition) is 1. The summed E-state index contributed by atoms with van der Waals surface area (Å²) < 4.78 is 14.9. The van der Waals surface area contributed by atoms with Crippen LogP contribution in [0.25, 0.3) is 0 Å². The zero-order valence-corrected chi connectivity index (χ0v) is 13.9. The Morgan fingerprint density at radius 2 is 1.26 bits per heavy atom. The first-order valence-electron chi connectivity index (χ1n) is 7.38. The Morgan fingerprint density at radius 1 is 0.826 bits per heavy atom. The number of esters is 3. The van der Waals surface area contributed by atoms with Crippen LogP contribution in [-0.4, -0.2) is 48.3 Å². The second kappa shape index (κ2) is 10.6. The average molecular weight is 332 g/mol. The van der Waals surface area contributed by atoms with Crippen molar-refractivity contribution in [2.75, 3.05) is 13.2 Å². The molecule has 0 aliphatic rings. The van der Waals surface area contributed by atoms with Gasteiger partial charge in [0.05, 0.1) is 24.7 Å². The Bertz CT molecular complexity index is 403. The van der Waals surface area contributed by atoms with Crippen LogP contribution in [-0.2, 0) is 33.4 Å². The zero-order valence-electron chi connectivity index (χ0n) is 13.9. The van der Waals surface area contributed by atoms with Gasteiger partial charge in [-0.3, -0.25) is 19.2 Å². The Morgan fingerprint density at radius 3 is 1.61 bits per heavy atom. The van der Waals surface area contributed by atoms with Crippen LogP contribution in [0.2, 0.25) is 0 Å². The van der Waals surface area contributed by atoms with Crippen molar-refractivity contribution >= 4 is 23.9 Å². The molecule has 132 valence electrons. The van der Waals surface area contributed by atoms with Gasteiger partial charge in [-0.1, -0.05) is 27.7 Å². The topological polar surface area (TPSA) is 116 Å². The third kappa shape index (κ3) is 10.3. The molecule has 0 unspecified atom stereocenters. The first-order valence-corrected chi connectivity index (χ1v) is 7.38. The fourth-order valence-corrected chi connectivity index (χ4v) is 1.25. The maximum atomic E-state index is 11.5. The van der Waals surface area contributed by atoms with Crippen molar-refractivity contribution in [3.8, 4) is 0 Å². The average Bonchev–Trinajstić information content (AvgIpc) is 2.46. The Kier molecular flexibility index (Phi) is 9.60. The molecule has 8 nitrogen and oxygen atoms in total.